The Morgan fingerprint density at radius 3 is 2.91 bits per heavy atom. The molecule has 3 rings (SSSR count). The summed E-state index contributed by atoms with van der Waals surface area (Å²) in [4.78, 5) is 7.93. The molecule has 0 radical (unpaired) electrons. The van der Waals surface area contributed by atoms with Crippen LogP contribution in [0.2, 0.25) is 5.02 Å². The van der Waals surface area contributed by atoms with Crippen LogP contribution < -0.4 is 11.1 Å². The third-order valence-corrected chi connectivity index (χ3v) is 3.61. The maximum absolute atomic E-state index is 6.07. The summed E-state index contributed by atoms with van der Waals surface area (Å²) in [6.07, 6.45) is 5.21. The molecule has 0 aliphatic heterocycles. The Morgan fingerprint density at radius 2 is 2.14 bits per heavy atom. The topological polar surface area (TPSA) is 81.7 Å². The fourth-order valence-electron chi connectivity index (χ4n) is 2.12. The van der Waals surface area contributed by atoms with Crippen molar-refractivity contribution in [2.24, 2.45) is 7.05 Å². The highest BCUT2D eigenvalue weighted by molar-refractivity contribution is 6.35. The van der Waals surface area contributed by atoms with Crippen LogP contribution in [0.4, 0.5) is 11.6 Å². The predicted molar refractivity (Wildman–Crippen MR) is 87.4 cm³/mol. The van der Waals surface area contributed by atoms with Gasteiger partial charge < -0.3 is 11.1 Å². The average molecular weight is 315 g/mol. The van der Waals surface area contributed by atoms with Crippen molar-refractivity contribution in [1.29, 1.82) is 0 Å². The van der Waals surface area contributed by atoms with Crippen molar-refractivity contribution in [3.63, 3.8) is 0 Å². The summed E-state index contributed by atoms with van der Waals surface area (Å²) in [5, 5.41) is 7.70. The molecule has 0 aliphatic rings. The van der Waals surface area contributed by atoms with Crippen LogP contribution in [-0.4, -0.2) is 19.7 Å². The zero-order chi connectivity index (χ0) is 15.5. The molecule has 0 aliphatic carbocycles. The summed E-state index contributed by atoms with van der Waals surface area (Å²) in [5.41, 5.74) is 8.96. The number of aryl methyl sites for hydroxylation is 1. The lowest BCUT2D eigenvalue weighted by Crippen LogP contribution is -2.04. The van der Waals surface area contributed by atoms with E-state index in [1.54, 1.807) is 4.68 Å². The Labute approximate surface area is 133 Å². The van der Waals surface area contributed by atoms with Crippen LogP contribution in [0.1, 0.15) is 5.56 Å². The number of nitrogens with two attached hydrogens (primary N) is 1. The van der Waals surface area contributed by atoms with Crippen LogP contribution >= 0.6 is 11.6 Å². The van der Waals surface area contributed by atoms with E-state index < -0.39 is 0 Å². The van der Waals surface area contributed by atoms with E-state index in [1.807, 2.05) is 31.6 Å². The number of aromatic nitrogens is 4. The van der Waals surface area contributed by atoms with Crippen LogP contribution in [0.25, 0.3) is 11.1 Å². The van der Waals surface area contributed by atoms with E-state index in [4.69, 9.17) is 17.3 Å². The quantitative estimate of drug-likeness (QED) is 0.774. The molecule has 6 nitrogen and oxygen atoms in total. The molecule has 22 heavy (non-hydrogen) atoms. The SMILES string of the molecule is Cn1cc(-c2cccc(CNc3ncnc(N)c3Cl)c2)cn1. The molecule has 2 aromatic heterocycles. The van der Waals surface area contributed by atoms with E-state index in [0.717, 1.165) is 16.7 Å². The minimum Gasteiger partial charge on any atom is -0.382 e. The highest BCUT2D eigenvalue weighted by atomic mass is 35.5. The van der Waals surface area contributed by atoms with E-state index in [1.165, 1.54) is 6.33 Å². The summed E-state index contributed by atoms with van der Waals surface area (Å²) >= 11 is 6.07. The van der Waals surface area contributed by atoms with Gasteiger partial charge in [-0.1, -0.05) is 29.8 Å². The summed E-state index contributed by atoms with van der Waals surface area (Å²) in [7, 11) is 1.90. The summed E-state index contributed by atoms with van der Waals surface area (Å²) in [5.74, 6) is 0.796. The third kappa shape index (κ3) is 3.01. The molecular formula is C15H15ClN6. The third-order valence-electron chi connectivity index (χ3n) is 3.24. The van der Waals surface area contributed by atoms with Crippen molar-refractivity contribution in [2.45, 2.75) is 6.54 Å². The molecule has 112 valence electrons. The van der Waals surface area contributed by atoms with Gasteiger partial charge in [-0.2, -0.15) is 5.10 Å². The molecular weight excluding hydrogens is 300 g/mol. The zero-order valence-corrected chi connectivity index (χ0v) is 12.7. The molecule has 7 heteroatoms. The number of hydrogen-bond donors (Lipinski definition) is 2. The lowest BCUT2D eigenvalue weighted by molar-refractivity contribution is 0.768. The Bertz CT molecular complexity index is 798. The number of benzene rings is 1. The summed E-state index contributed by atoms with van der Waals surface area (Å²) in [6.45, 7) is 0.588. The molecule has 0 amide bonds. The number of hydrogen-bond acceptors (Lipinski definition) is 5. The van der Waals surface area contributed by atoms with Gasteiger partial charge in [0.25, 0.3) is 0 Å². The van der Waals surface area contributed by atoms with Gasteiger partial charge in [-0.3, -0.25) is 4.68 Å². The van der Waals surface area contributed by atoms with E-state index >= 15 is 0 Å². The maximum atomic E-state index is 6.07. The largest absolute Gasteiger partial charge is 0.382 e. The summed E-state index contributed by atoms with van der Waals surface area (Å²) in [6, 6.07) is 8.19. The van der Waals surface area contributed by atoms with Gasteiger partial charge in [0, 0.05) is 25.4 Å². The molecule has 0 bridgehead atoms. The standard InChI is InChI=1S/C15H15ClN6/c1-22-8-12(7-21-22)11-4-2-3-10(5-11)6-18-15-13(16)14(17)19-9-20-15/h2-5,7-9H,6H2,1H3,(H3,17,18,19,20). The van der Waals surface area contributed by atoms with Crippen molar-refractivity contribution in [3.8, 4) is 11.1 Å². The summed E-state index contributed by atoms with van der Waals surface area (Å²) < 4.78 is 1.78. The smallest absolute Gasteiger partial charge is 0.150 e. The number of nitrogens with zero attached hydrogens (tertiary/aromatic N) is 4. The molecule has 0 saturated heterocycles. The van der Waals surface area contributed by atoms with Gasteiger partial charge in [-0.05, 0) is 17.2 Å². The van der Waals surface area contributed by atoms with Crippen LogP contribution in [0, 0.1) is 0 Å². The van der Waals surface area contributed by atoms with Crippen molar-refractivity contribution in [3.05, 3.63) is 53.6 Å². The number of nitrogen functional groups attached to an aromatic ring is 1. The van der Waals surface area contributed by atoms with Crippen molar-refractivity contribution >= 4 is 23.2 Å². The van der Waals surface area contributed by atoms with Gasteiger partial charge in [0.05, 0.1) is 6.20 Å². The Morgan fingerprint density at radius 1 is 1.27 bits per heavy atom. The zero-order valence-electron chi connectivity index (χ0n) is 12.0. The minimum atomic E-state index is 0.267. The van der Waals surface area contributed by atoms with Crippen LogP contribution in [0.5, 0.6) is 0 Å². The molecule has 0 fully saturated rings. The predicted octanol–water partition coefficient (Wildman–Crippen LogP) is 2.72. The second kappa shape index (κ2) is 6.03. The van der Waals surface area contributed by atoms with Gasteiger partial charge >= 0.3 is 0 Å². The van der Waals surface area contributed by atoms with Gasteiger partial charge in [0.1, 0.15) is 17.2 Å². The molecule has 2 heterocycles. The fraction of sp³-hybridized carbons (Fsp3) is 0.133. The van der Waals surface area contributed by atoms with Crippen LogP contribution in [0.15, 0.2) is 43.0 Å². The van der Waals surface area contributed by atoms with Gasteiger partial charge in [0.2, 0.25) is 0 Å². The van der Waals surface area contributed by atoms with Crippen molar-refractivity contribution in [1.82, 2.24) is 19.7 Å². The maximum Gasteiger partial charge on any atom is 0.150 e. The molecule has 0 unspecified atom stereocenters. The van der Waals surface area contributed by atoms with Gasteiger partial charge in [-0.25, -0.2) is 9.97 Å². The van der Waals surface area contributed by atoms with Crippen molar-refractivity contribution < 1.29 is 0 Å². The van der Waals surface area contributed by atoms with Crippen LogP contribution in [0.3, 0.4) is 0 Å². The van der Waals surface area contributed by atoms with Gasteiger partial charge in [-0.15, -0.1) is 0 Å². The number of nitrogens with one attached hydrogen (secondary N) is 1. The Kier molecular flexibility index (Phi) is 3.93. The van der Waals surface area contributed by atoms with Crippen LogP contribution in [-0.2, 0) is 13.6 Å². The van der Waals surface area contributed by atoms with Gasteiger partial charge in [0.15, 0.2) is 5.82 Å². The first kappa shape index (κ1) is 14.3. The average Bonchev–Trinajstić information content (AvgIpc) is 2.96. The molecule has 3 N–H and O–H groups in total. The highest BCUT2D eigenvalue weighted by Gasteiger charge is 2.06. The van der Waals surface area contributed by atoms with E-state index in [0.29, 0.717) is 17.4 Å². The first-order chi connectivity index (χ1) is 10.6. The second-order valence-corrected chi connectivity index (χ2v) is 5.26. The normalized spacial score (nSPS) is 10.6. The molecule has 0 saturated carbocycles. The first-order valence-electron chi connectivity index (χ1n) is 6.71. The number of rotatable bonds is 4. The Balaban J connectivity index is 1.77. The molecule has 0 spiro atoms. The highest BCUT2D eigenvalue weighted by Crippen LogP contribution is 2.24. The Hall–Kier alpha value is -2.60. The van der Waals surface area contributed by atoms with E-state index in [9.17, 15) is 0 Å². The monoisotopic (exact) mass is 314 g/mol. The number of anilines is 2. The minimum absolute atomic E-state index is 0.267. The number of halogens is 1. The van der Waals surface area contributed by atoms with Crippen molar-refractivity contribution in [2.75, 3.05) is 11.1 Å². The molecule has 1 aromatic carbocycles. The van der Waals surface area contributed by atoms with E-state index in [-0.39, 0.29) is 5.82 Å². The molecule has 0 atom stereocenters. The second-order valence-electron chi connectivity index (χ2n) is 4.88. The fourth-order valence-corrected chi connectivity index (χ4v) is 2.29. The molecule has 3 aromatic rings. The lowest BCUT2D eigenvalue weighted by atomic mass is 10.1. The van der Waals surface area contributed by atoms with E-state index in [2.05, 4.69) is 32.5 Å². The first-order valence-corrected chi connectivity index (χ1v) is 7.09. The lowest BCUT2D eigenvalue weighted by Gasteiger charge is -2.09.